The molecule has 1 aromatic heterocycles. The average molecular weight is 277 g/mol. The molecule has 2 aromatic carbocycles. The molecule has 3 aromatic rings. The molecular weight excluding hydrogens is 262 g/mol. The number of ketones is 1. The lowest BCUT2D eigenvalue weighted by Crippen LogP contribution is -1.93. The topological polar surface area (TPSA) is 39.2 Å². The SMILES string of the molecule is COc1ccc(-c2cccc(C(C)=O)c2)c2cccnc12. The highest BCUT2D eigenvalue weighted by molar-refractivity contribution is 6.00. The van der Waals surface area contributed by atoms with Crippen LogP contribution < -0.4 is 4.74 Å². The van der Waals surface area contributed by atoms with Gasteiger partial charge < -0.3 is 4.74 Å². The van der Waals surface area contributed by atoms with E-state index in [2.05, 4.69) is 4.98 Å². The molecule has 0 aliphatic heterocycles. The molecule has 3 heteroatoms. The number of nitrogens with zero attached hydrogens (tertiary/aromatic N) is 1. The number of fused-ring (bicyclic) bond motifs is 1. The molecule has 3 nitrogen and oxygen atoms in total. The molecule has 0 aliphatic carbocycles. The van der Waals surface area contributed by atoms with Gasteiger partial charge in [-0.2, -0.15) is 0 Å². The van der Waals surface area contributed by atoms with E-state index in [1.165, 1.54) is 0 Å². The summed E-state index contributed by atoms with van der Waals surface area (Å²) < 4.78 is 5.36. The number of pyridine rings is 1. The van der Waals surface area contributed by atoms with Gasteiger partial charge >= 0.3 is 0 Å². The quantitative estimate of drug-likeness (QED) is 0.676. The summed E-state index contributed by atoms with van der Waals surface area (Å²) in [6, 6.07) is 15.5. The van der Waals surface area contributed by atoms with E-state index in [0.29, 0.717) is 5.56 Å². The Morgan fingerprint density at radius 1 is 1.10 bits per heavy atom. The fourth-order valence-corrected chi connectivity index (χ4v) is 2.47. The molecule has 0 amide bonds. The third-order valence-electron chi connectivity index (χ3n) is 3.53. The van der Waals surface area contributed by atoms with Gasteiger partial charge in [0.15, 0.2) is 5.78 Å². The minimum atomic E-state index is 0.0628. The second-order valence-electron chi connectivity index (χ2n) is 4.85. The normalized spacial score (nSPS) is 10.6. The lowest BCUT2D eigenvalue weighted by molar-refractivity contribution is 0.101. The number of benzene rings is 2. The molecule has 0 unspecified atom stereocenters. The Labute approximate surface area is 123 Å². The molecule has 0 saturated carbocycles. The number of Topliss-reactive ketones (excluding diaryl/α,β-unsaturated/α-hetero) is 1. The second-order valence-corrected chi connectivity index (χ2v) is 4.85. The van der Waals surface area contributed by atoms with Crippen molar-refractivity contribution < 1.29 is 9.53 Å². The van der Waals surface area contributed by atoms with Crippen LogP contribution in [0.1, 0.15) is 17.3 Å². The zero-order valence-electron chi connectivity index (χ0n) is 12.0. The Kier molecular flexibility index (Phi) is 3.40. The molecule has 1 heterocycles. The fraction of sp³-hybridized carbons (Fsp3) is 0.111. The largest absolute Gasteiger partial charge is 0.494 e. The van der Waals surface area contributed by atoms with Crippen molar-refractivity contribution in [1.82, 2.24) is 4.98 Å². The molecule has 0 radical (unpaired) electrons. The molecule has 21 heavy (non-hydrogen) atoms. The molecule has 0 N–H and O–H groups in total. The van der Waals surface area contributed by atoms with Crippen molar-refractivity contribution in [2.24, 2.45) is 0 Å². The van der Waals surface area contributed by atoms with E-state index < -0.39 is 0 Å². The molecule has 0 spiro atoms. The van der Waals surface area contributed by atoms with Crippen LogP contribution in [0.3, 0.4) is 0 Å². The molecular formula is C18H15NO2. The minimum absolute atomic E-state index is 0.0628. The van der Waals surface area contributed by atoms with Crippen LogP contribution in [-0.4, -0.2) is 17.9 Å². The van der Waals surface area contributed by atoms with Gasteiger partial charge in [-0.05, 0) is 42.3 Å². The lowest BCUT2D eigenvalue weighted by Gasteiger charge is -2.10. The van der Waals surface area contributed by atoms with Gasteiger partial charge in [0.1, 0.15) is 11.3 Å². The van der Waals surface area contributed by atoms with E-state index in [1.54, 1.807) is 20.2 Å². The van der Waals surface area contributed by atoms with Crippen LogP contribution in [0.5, 0.6) is 5.75 Å². The van der Waals surface area contributed by atoms with Crippen LogP contribution in [-0.2, 0) is 0 Å². The smallest absolute Gasteiger partial charge is 0.159 e. The predicted octanol–water partition coefficient (Wildman–Crippen LogP) is 4.11. The summed E-state index contributed by atoms with van der Waals surface area (Å²) in [5.74, 6) is 0.810. The van der Waals surface area contributed by atoms with Crippen molar-refractivity contribution in [3.8, 4) is 16.9 Å². The first kappa shape index (κ1) is 13.3. The lowest BCUT2D eigenvalue weighted by atomic mass is 9.98. The van der Waals surface area contributed by atoms with Crippen molar-refractivity contribution in [1.29, 1.82) is 0 Å². The van der Waals surface area contributed by atoms with Crippen LogP contribution >= 0.6 is 0 Å². The van der Waals surface area contributed by atoms with E-state index in [-0.39, 0.29) is 5.78 Å². The highest BCUT2D eigenvalue weighted by atomic mass is 16.5. The number of hydrogen-bond acceptors (Lipinski definition) is 3. The molecule has 0 atom stereocenters. The predicted molar refractivity (Wildman–Crippen MR) is 83.7 cm³/mol. The highest BCUT2D eigenvalue weighted by Gasteiger charge is 2.10. The minimum Gasteiger partial charge on any atom is -0.494 e. The van der Waals surface area contributed by atoms with E-state index >= 15 is 0 Å². The Bertz CT molecular complexity index is 824. The number of aromatic nitrogens is 1. The van der Waals surface area contributed by atoms with Crippen molar-refractivity contribution in [3.63, 3.8) is 0 Å². The summed E-state index contributed by atoms with van der Waals surface area (Å²) in [7, 11) is 1.64. The third kappa shape index (κ3) is 2.38. The summed E-state index contributed by atoms with van der Waals surface area (Å²) in [6.45, 7) is 1.58. The summed E-state index contributed by atoms with van der Waals surface area (Å²) >= 11 is 0. The maximum absolute atomic E-state index is 11.6. The maximum atomic E-state index is 11.6. The highest BCUT2D eigenvalue weighted by Crippen LogP contribution is 2.33. The standard InChI is InChI=1S/C18H15NO2/c1-12(20)13-5-3-6-14(11-13)15-8-9-17(21-2)18-16(15)7-4-10-19-18/h3-11H,1-2H3. The molecule has 0 aliphatic rings. The Balaban J connectivity index is 2.26. The average Bonchev–Trinajstić information content (AvgIpc) is 2.54. The number of methoxy groups -OCH3 is 1. The van der Waals surface area contributed by atoms with Gasteiger partial charge in [0.05, 0.1) is 7.11 Å². The summed E-state index contributed by atoms with van der Waals surface area (Å²) in [5.41, 5.74) is 3.58. The van der Waals surface area contributed by atoms with Crippen LogP contribution in [0.15, 0.2) is 54.7 Å². The van der Waals surface area contributed by atoms with Gasteiger partial charge in [-0.1, -0.05) is 24.3 Å². The first-order valence-electron chi connectivity index (χ1n) is 6.74. The monoisotopic (exact) mass is 277 g/mol. The van der Waals surface area contributed by atoms with E-state index in [9.17, 15) is 4.79 Å². The number of carbonyl (C=O) groups excluding carboxylic acids is 1. The number of rotatable bonds is 3. The van der Waals surface area contributed by atoms with Gasteiger partial charge in [-0.25, -0.2) is 0 Å². The summed E-state index contributed by atoms with van der Waals surface area (Å²) in [6.07, 6.45) is 1.75. The van der Waals surface area contributed by atoms with E-state index in [4.69, 9.17) is 4.74 Å². The molecule has 0 bridgehead atoms. The van der Waals surface area contributed by atoms with Crippen LogP contribution in [0.25, 0.3) is 22.0 Å². The van der Waals surface area contributed by atoms with Crippen molar-refractivity contribution >= 4 is 16.7 Å². The first-order chi connectivity index (χ1) is 10.2. The van der Waals surface area contributed by atoms with Crippen molar-refractivity contribution in [2.45, 2.75) is 6.92 Å². The summed E-state index contributed by atoms with van der Waals surface area (Å²) in [4.78, 5) is 16.0. The Morgan fingerprint density at radius 2 is 1.95 bits per heavy atom. The van der Waals surface area contributed by atoms with Gasteiger partial charge in [-0.3, -0.25) is 9.78 Å². The van der Waals surface area contributed by atoms with Gasteiger partial charge in [-0.15, -0.1) is 0 Å². The number of hydrogen-bond donors (Lipinski definition) is 0. The van der Waals surface area contributed by atoms with E-state index in [0.717, 1.165) is 27.8 Å². The zero-order chi connectivity index (χ0) is 14.8. The third-order valence-corrected chi connectivity index (χ3v) is 3.53. The van der Waals surface area contributed by atoms with E-state index in [1.807, 2.05) is 48.5 Å². The van der Waals surface area contributed by atoms with Gasteiger partial charge in [0, 0.05) is 17.1 Å². The van der Waals surface area contributed by atoms with Crippen LogP contribution in [0.4, 0.5) is 0 Å². The molecule has 3 rings (SSSR count). The number of carbonyl (C=O) groups is 1. The first-order valence-corrected chi connectivity index (χ1v) is 6.74. The van der Waals surface area contributed by atoms with Crippen molar-refractivity contribution in [3.05, 3.63) is 60.3 Å². The molecule has 0 saturated heterocycles. The molecule has 104 valence electrons. The maximum Gasteiger partial charge on any atom is 0.159 e. The van der Waals surface area contributed by atoms with Crippen LogP contribution in [0.2, 0.25) is 0 Å². The van der Waals surface area contributed by atoms with Crippen LogP contribution in [0, 0.1) is 0 Å². The number of ether oxygens (including phenoxy) is 1. The summed E-state index contributed by atoms with van der Waals surface area (Å²) in [5, 5.41) is 1.01. The Hall–Kier alpha value is -2.68. The van der Waals surface area contributed by atoms with Crippen molar-refractivity contribution in [2.75, 3.05) is 7.11 Å². The molecule has 0 fully saturated rings. The fourth-order valence-electron chi connectivity index (χ4n) is 2.47. The second kappa shape index (κ2) is 5.37. The zero-order valence-corrected chi connectivity index (χ0v) is 12.0. The Morgan fingerprint density at radius 3 is 2.71 bits per heavy atom. The van der Waals surface area contributed by atoms with Gasteiger partial charge in [0.2, 0.25) is 0 Å². The van der Waals surface area contributed by atoms with Gasteiger partial charge in [0.25, 0.3) is 0 Å².